The number of halogens is 4. The predicted molar refractivity (Wildman–Crippen MR) is 160 cm³/mol. The van der Waals surface area contributed by atoms with Crippen LogP contribution in [0.3, 0.4) is 0 Å². The highest BCUT2D eigenvalue weighted by molar-refractivity contribution is 5.99. The first-order valence-electron chi connectivity index (χ1n) is 14.7. The minimum Gasteiger partial charge on any atom is -0.444 e. The van der Waals surface area contributed by atoms with Crippen LogP contribution in [-0.2, 0) is 15.9 Å². The fourth-order valence-electron chi connectivity index (χ4n) is 4.57. The molecule has 0 aliphatic carbocycles. The summed E-state index contributed by atoms with van der Waals surface area (Å²) in [6, 6.07) is 6.55. The van der Waals surface area contributed by atoms with Crippen molar-refractivity contribution >= 4 is 18.1 Å². The molecule has 0 unspecified atom stereocenters. The Bertz CT molecular complexity index is 1600. The van der Waals surface area contributed by atoms with Gasteiger partial charge in [-0.3, -0.25) is 10.3 Å². The van der Waals surface area contributed by atoms with E-state index in [9.17, 15) is 27.2 Å². The van der Waals surface area contributed by atoms with Crippen molar-refractivity contribution in [1.82, 2.24) is 25.3 Å². The number of rotatable bonds is 5. The highest BCUT2D eigenvalue weighted by Crippen LogP contribution is 2.29. The molecule has 0 spiro atoms. The molecule has 12 nitrogen and oxygen atoms in total. The van der Waals surface area contributed by atoms with Crippen LogP contribution in [0.4, 0.5) is 27.2 Å². The number of carbonyl (C=O) groups excluding carboxylic acids is 2. The molecule has 1 saturated heterocycles. The number of hydrogen-bond acceptors (Lipinski definition) is 9. The number of hydrogen-bond donors (Lipinski definition) is 1. The van der Waals surface area contributed by atoms with Crippen molar-refractivity contribution in [2.45, 2.75) is 84.3 Å². The summed E-state index contributed by atoms with van der Waals surface area (Å²) in [5.74, 6) is -1.74. The van der Waals surface area contributed by atoms with E-state index in [0.29, 0.717) is 48.6 Å². The Balaban J connectivity index is 1.45. The summed E-state index contributed by atoms with van der Waals surface area (Å²) in [7, 11) is 0. The number of nitrogens with zero attached hydrogens (tertiary/aromatic N) is 5. The van der Waals surface area contributed by atoms with Gasteiger partial charge in [-0.25, -0.2) is 14.0 Å². The maximum absolute atomic E-state index is 14.1. The summed E-state index contributed by atoms with van der Waals surface area (Å²) >= 11 is 0. The molecule has 2 amide bonds. The molecule has 0 saturated carbocycles. The lowest BCUT2D eigenvalue weighted by atomic mass is 9.98. The van der Waals surface area contributed by atoms with Crippen LogP contribution in [0, 0.1) is 5.82 Å². The SMILES string of the molecule is CC(C)(C)OC(=O)N=C(NC(=O)OC(C)(C)C)N1CCC[C@@H](c2nc(-c3ccc(Cc4ccc(OC(F)(F)F)c(F)c4)nc3)no2)C1. The van der Waals surface area contributed by atoms with Crippen LogP contribution >= 0.6 is 0 Å². The van der Waals surface area contributed by atoms with Gasteiger partial charge in [-0.15, -0.1) is 18.2 Å². The highest BCUT2D eigenvalue weighted by atomic mass is 19.4. The standard InChI is InChI=1S/C31H36F4N6O6/c1-29(2,3)45-27(42)38-26(39-28(43)46-30(4,5)6)41-13-7-8-20(17-41)25-37-24(40-47-25)19-10-11-21(36-16-19)14-18-9-12-23(22(32)15-18)44-31(33,34)35/h9-12,15-16,20H,7-8,13-14,17H2,1-6H3,(H,38,39,42,43)/t20-/m1/s1. The zero-order valence-electron chi connectivity index (χ0n) is 26.8. The second-order valence-electron chi connectivity index (χ2n) is 12.8. The Morgan fingerprint density at radius 2 is 1.79 bits per heavy atom. The van der Waals surface area contributed by atoms with Crippen molar-refractivity contribution in [2.75, 3.05) is 13.1 Å². The van der Waals surface area contributed by atoms with E-state index in [2.05, 4.69) is 30.2 Å². The van der Waals surface area contributed by atoms with Gasteiger partial charge in [-0.05, 0) is 84.2 Å². The molecule has 0 bridgehead atoms. The van der Waals surface area contributed by atoms with E-state index >= 15 is 0 Å². The van der Waals surface area contributed by atoms with Gasteiger partial charge in [0.1, 0.15) is 11.2 Å². The lowest BCUT2D eigenvalue weighted by Crippen LogP contribution is -2.49. The Hall–Kier alpha value is -4.76. The van der Waals surface area contributed by atoms with Crippen molar-refractivity contribution in [3.8, 4) is 17.1 Å². The number of aromatic nitrogens is 3. The van der Waals surface area contributed by atoms with Crippen LogP contribution in [0.25, 0.3) is 11.4 Å². The quantitative estimate of drug-likeness (QED) is 0.177. The molecule has 1 atom stereocenters. The van der Waals surface area contributed by atoms with Gasteiger partial charge in [-0.2, -0.15) is 4.98 Å². The number of alkyl halides is 3. The summed E-state index contributed by atoms with van der Waals surface area (Å²) in [5.41, 5.74) is -0.115. The largest absolute Gasteiger partial charge is 0.573 e. The zero-order valence-corrected chi connectivity index (χ0v) is 26.8. The maximum Gasteiger partial charge on any atom is 0.573 e. The van der Waals surface area contributed by atoms with Crippen molar-refractivity contribution in [3.63, 3.8) is 0 Å². The van der Waals surface area contributed by atoms with Crippen LogP contribution in [0.1, 0.15) is 77.5 Å². The first kappa shape index (κ1) is 35.1. The van der Waals surface area contributed by atoms with Gasteiger partial charge < -0.3 is 23.6 Å². The van der Waals surface area contributed by atoms with Gasteiger partial charge in [0, 0.05) is 37.0 Å². The number of carbonyl (C=O) groups is 2. The predicted octanol–water partition coefficient (Wildman–Crippen LogP) is 6.76. The number of guanidine groups is 1. The molecule has 1 fully saturated rings. The molecule has 1 aliphatic rings. The highest BCUT2D eigenvalue weighted by Gasteiger charge is 2.33. The molecule has 16 heteroatoms. The van der Waals surface area contributed by atoms with E-state index in [-0.39, 0.29) is 24.1 Å². The molecule has 2 aromatic heterocycles. The van der Waals surface area contributed by atoms with E-state index < -0.39 is 41.3 Å². The summed E-state index contributed by atoms with van der Waals surface area (Å²) in [5, 5.41) is 6.65. The third kappa shape index (κ3) is 10.9. The average molecular weight is 665 g/mol. The summed E-state index contributed by atoms with van der Waals surface area (Å²) in [4.78, 5) is 39.8. The van der Waals surface area contributed by atoms with Gasteiger partial charge in [0.05, 0.1) is 5.92 Å². The van der Waals surface area contributed by atoms with Crippen molar-refractivity contribution in [3.05, 3.63) is 59.5 Å². The Morgan fingerprint density at radius 3 is 2.40 bits per heavy atom. The maximum atomic E-state index is 14.1. The topological polar surface area (TPSA) is 141 Å². The molecule has 254 valence electrons. The second-order valence-corrected chi connectivity index (χ2v) is 12.8. The molecule has 3 heterocycles. The van der Waals surface area contributed by atoms with E-state index in [1.165, 1.54) is 12.3 Å². The molecular weight excluding hydrogens is 628 g/mol. The molecular formula is C31H36F4N6O6. The number of piperidine rings is 1. The van der Waals surface area contributed by atoms with Gasteiger partial charge in [0.2, 0.25) is 17.7 Å². The van der Waals surface area contributed by atoms with Gasteiger partial charge in [0.25, 0.3) is 0 Å². The van der Waals surface area contributed by atoms with Gasteiger partial charge in [-0.1, -0.05) is 11.2 Å². The van der Waals surface area contributed by atoms with E-state index in [0.717, 1.165) is 12.1 Å². The smallest absolute Gasteiger partial charge is 0.444 e. The second kappa shape index (κ2) is 13.9. The third-order valence-electron chi connectivity index (χ3n) is 6.41. The van der Waals surface area contributed by atoms with Crippen molar-refractivity contribution in [2.24, 2.45) is 4.99 Å². The fourth-order valence-corrected chi connectivity index (χ4v) is 4.57. The minimum atomic E-state index is -5.00. The third-order valence-corrected chi connectivity index (χ3v) is 6.41. The Kier molecular flexibility index (Phi) is 10.4. The fraction of sp³-hybridized carbons (Fsp3) is 0.484. The summed E-state index contributed by atoms with van der Waals surface area (Å²) in [6.07, 6.45) is -3.65. The van der Waals surface area contributed by atoms with Crippen LogP contribution in [0.5, 0.6) is 5.75 Å². The summed E-state index contributed by atoms with van der Waals surface area (Å²) in [6.45, 7) is 11.0. The molecule has 47 heavy (non-hydrogen) atoms. The number of ether oxygens (including phenoxy) is 3. The number of likely N-dealkylation sites (tertiary alicyclic amines) is 1. The van der Waals surface area contributed by atoms with Crippen molar-refractivity contribution < 1.29 is 45.9 Å². The number of nitrogens with one attached hydrogen (secondary N) is 1. The normalized spacial score (nSPS) is 16.1. The van der Waals surface area contributed by atoms with Crippen LogP contribution < -0.4 is 10.1 Å². The first-order valence-corrected chi connectivity index (χ1v) is 14.7. The molecule has 1 aromatic carbocycles. The van der Waals surface area contributed by atoms with Gasteiger partial charge in [0.15, 0.2) is 11.6 Å². The number of pyridine rings is 1. The first-order chi connectivity index (χ1) is 21.8. The molecule has 4 rings (SSSR count). The number of alkyl carbamates (subject to hydrolysis) is 1. The van der Waals surface area contributed by atoms with E-state index in [4.69, 9.17) is 14.0 Å². The molecule has 1 aliphatic heterocycles. The molecule has 3 aromatic rings. The molecule has 0 radical (unpaired) electrons. The lowest BCUT2D eigenvalue weighted by Gasteiger charge is -2.33. The van der Waals surface area contributed by atoms with E-state index in [1.807, 2.05) is 0 Å². The Morgan fingerprint density at radius 1 is 1.06 bits per heavy atom. The van der Waals surface area contributed by atoms with Crippen molar-refractivity contribution in [1.29, 1.82) is 0 Å². The number of benzene rings is 1. The van der Waals surface area contributed by atoms with Crippen LogP contribution in [0.2, 0.25) is 0 Å². The van der Waals surface area contributed by atoms with Crippen LogP contribution in [0.15, 0.2) is 46.0 Å². The monoisotopic (exact) mass is 664 g/mol. The van der Waals surface area contributed by atoms with Gasteiger partial charge >= 0.3 is 18.5 Å². The zero-order chi connectivity index (χ0) is 34.6. The number of amides is 2. The average Bonchev–Trinajstić information content (AvgIpc) is 3.43. The lowest BCUT2D eigenvalue weighted by molar-refractivity contribution is -0.275. The number of aliphatic imine (C=N–C) groups is 1. The minimum absolute atomic E-state index is 0.0277. The van der Waals surface area contributed by atoms with Crippen LogP contribution in [-0.4, -0.2) is 68.8 Å². The van der Waals surface area contributed by atoms with E-state index in [1.54, 1.807) is 58.6 Å². The molecule has 1 N–H and O–H groups in total. The Labute approximate surface area is 268 Å². The summed E-state index contributed by atoms with van der Waals surface area (Å²) < 4.78 is 71.3.